The molecule has 0 bridgehead atoms. The molecule has 38 heavy (non-hydrogen) atoms. The van der Waals surface area contributed by atoms with Gasteiger partial charge in [0.15, 0.2) is 0 Å². The summed E-state index contributed by atoms with van der Waals surface area (Å²) < 4.78 is 45.9. The molecule has 0 aliphatic carbocycles. The molecule has 0 fully saturated rings. The van der Waals surface area contributed by atoms with Crippen molar-refractivity contribution in [2.45, 2.75) is 32.5 Å². The Bertz CT molecular complexity index is 1120. The molecule has 6 N–H and O–H groups in total. The zero-order valence-electron chi connectivity index (χ0n) is 21.5. The van der Waals surface area contributed by atoms with Crippen LogP contribution in [0.1, 0.15) is 43.0 Å². The standard InChI is InChI=1S/C23H28F3N5O3.C2H4O2/c1-14(16-6-9-19(31(2)10-11-34-3)18(12-16)23(24,25)26)29-20(32)13-21(33)30-17-7-4-15(5-8-17)22(27)28;1-2(3)4/h4-9,12,14H,10-11,13H2,1-3H3,(H3,27,28)(H,29,32)(H,30,33);1H3,(H,3,4)/t14-;/m0./s1. The molecule has 0 unspecified atom stereocenters. The van der Waals surface area contributed by atoms with Crippen molar-refractivity contribution >= 4 is 35.0 Å². The first-order valence-corrected chi connectivity index (χ1v) is 11.3. The van der Waals surface area contributed by atoms with E-state index in [0.29, 0.717) is 11.3 Å². The first kappa shape index (κ1) is 31.9. The van der Waals surface area contributed by atoms with Gasteiger partial charge in [-0.3, -0.25) is 19.8 Å². The van der Waals surface area contributed by atoms with Gasteiger partial charge >= 0.3 is 6.18 Å². The number of benzene rings is 2. The number of ether oxygens (including phenoxy) is 1. The van der Waals surface area contributed by atoms with Gasteiger partial charge in [0.05, 0.1) is 18.2 Å². The van der Waals surface area contributed by atoms with E-state index < -0.39 is 42.0 Å². The molecular formula is C25H32F3N5O5. The molecule has 0 aromatic heterocycles. The van der Waals surface area contributed by atoms with Crippen LogP contribution in [-0.4, -0.2) is 56.0 Å². The number of carboxylic acid groups (broad SMARTS) is 1. The van der Waals surface area contributed by atoms with Crippen molar-refractivity contribution in [2.24, 2.45) is 5.73 Å². The van der Waals surface area contributed by atoms with Gasteiger partial charge in [-0.05, 0) is 48.9 Å². The maximum atomic E-state index is 13.7. The summed E-state index contributed by atoms with van der Waals surface area (Å²) >= 11 is 0. The van der Waals surface area contributed by atoms with Gasteiger partial charge in [-0.25, -0.2) is 0 Å². The quantitative estimate of drug-likeness (QED) is 0.176. The minimum absolute atomic E-state index is 0.00185. The summed E-state index contributed by atoms with van der Waals surface area (Å²) in [6.45, 7) is 3.17. The summed E-state index contributed by atoms with van der Waals surface area (Å²) in [6, 6.07) is 9.29. The smallest absolute Gasteiger partial charge is 0.418 e. The monoisotopic (exact) mass is 539 g/mol. The van der Waals surface area contributed by atoms with E-state index in [1.165, 1.54) is 24.1 Å². The SMILES string of the molecule is CC(=O)O.COCCN(C)c1ccc([C@H](C)NC(=O)CC(=O)Nc2ccc(C(=N)N)cc2)cc1C(F)(F)F. The van der Waals surface area contributed by atoms with Gasteiger partial charge < -0.3 is 31.1 Å². The van der Waals surface area contributed by atoms with Gasteiger partial charge in [0, 0.05) is 44.6 Å². The third-order valence-corrected chi connectivity index (χ3v) is 5.05. The van der Waals surface area contributed by atoms with E-state index in [9.17, 15) is 22.8 Å². The number of nitrogen functional groups attached to an aromatic ring is 1. The number of amides is 2. The number of hydrogen-bond acceptors (Lipinski definition) is 6. The number of hydrogen-bond donors (Lipinski definition) is 5. The molecule has 0 spiro atoms. The molecule has 1 atom stereocenters. The number of halogens is 3. The van der Waals surface area contributed by atoms with E-state index in [4.69, 9.17) is 25.8 Å². The van der Waals surface area contributed by atoms with E-state index >= 15 is 0 Å². The molecule has 0 saturated heterocycles. The summed E-state index contributed by atoms with van der Waals surface area (Å²) in [7, 11) is 3.01. The number of amidine groups is 1. The molecule has 10 nitrogen and oxygen atoms in total. The predicted molar refractivity (Wildman–Crippen MR) is 137 cm³/mol. The summed E-state index contributed by atoms with van der Waals surface area (Å²) in [5.41, 5.74) is 5.71. The lowest BCUT2D eigenvalue weighted by Gasteiger charge is -2.25. The van der Waals surface area contributed by atoms with Crippen LogP contribution in [0, 0.1) is 5.41 Å². The minimum atomic E-state index is -4.59. The molecule has 2 amide bonds. The number of nitrogens with one attached hydrogen (secondary N) is 3. The highest BCUT2D eigenvalue weighted by atomic mass is 19.4. The Morgan fingerprint density at radius 3 is 2.21 bits per heavy atom. The molecule has 2 rings (SSSR count). The highest BCUT2D eigenvalue weighted by Crippen LogP contribution is 2.37. The summed E-state index contributed by atoms with van der Waals surface area (Å²) in [4.78, 5) is 34.9. The highest BCUT2D eigenvalue weighted by Gasteiger charge is 2.35. The number of rotatable bonds is 10. The lowest BCUT2D eigenvalue weighted by atomic mass is 10.0. The average molecular weight is 540 g/mol. The molecule has 0 aliphatic heterocycles. The second kappa shape index (κ2) is 14.6. The van der Waals surface area contributed by atoms with Crippen molar-refractivity contribution < 1.29 is 37.4 Å². The predicted octanol–water partition coefficient (Wildman–Crippen LogP) is 3.37. The number of methoxy groups -OCH3 is 1. The van der Waals surface area contributed by atoms with E-state index in [1.54, 1.807) is 38.2 Å². The lowest BCUT2D eigenvalue weighted by Crippen LogP contribution is -2.31. The molecule has 13 heteroatoms. The number of nitrogens with two attached hydrogens (primary N) is 1. The van der Waals surface area contributed by atoms with Crippen LogP contribution in [-0.2, 0) is 25.3 Å². The molecule has 0 aliphatic rings. The van der Waals surface area contributed by atoms with E-state index in [0.717, 1.165) is 13.0 Å². The molecular weight excluding hydrogens is 507 g/mol. The number of aliphatic carboxylic acids is 1. The fourth-order valence-electron chi connectivity index (χ4n) is 3.19. The van der Waals surface area contributed by atoms with Crippen LogP contribution in [0.15, 0.2) is 42.5 Å². The normalized spacial score (nSPS) is 11.4. The third-order valence-electron chi connectivity index (χ3n) is 5.05. The van der Waals surface area contributed by atoms with Gasteiger partial charge in [0.1, 0.15) is 12.3 Å². The Morgan fingerprint density at radius 1 is 1.13 bits per heavy atom. The van der Waals surface area contributed by atoms with Crippen LogP contribution in [0.2, 0.25) is 0 Å². The molecule has 2 aromatic rings. The largest absolute Gasteiger partial charge is 0.481 e. The second-order valence-corrected chi connectivity index (χ2v) is 8.21. The maximum absolute atomic E-state index is 13.7. The molecule has 2 aromatic carbocycles. The first-order valence-electron chi connectivity index (χ1n) is 11.3. The van der Waals surface area contributed by atoms with Gasteiger partial charge in [-0.1, -0.05) is 6.07 Å². The van der Waals surface area contributed by atoms with Crippen molar-refractivity contribution in [2.75, 3.05) is 37.5 Å². The van der Waals surface area contributed by atoms with Crippen LogP contribution >= 0.6 is 0 Å². The highest BCUT2D eigenvalue weighted by molar-refractivity contribution is 6.04. The second-order valence-electron chi connectivity index (χ2n) is 8.21. The minimum Gasteiger partial charge on any atom is -0.481 e. The van der Waals surface area contributed by atoms with Crippen LogP contribution in [0.25, 0.3) is 0 Å². The Balaban J connectivity index is 0.00000168. The molecule has 0 saturated carbocycles. The van der Waals surface area contributed by atoms with Crippen LogP contribution < -0.4 is 21.3 Å². The Morgan fingerprint density at radius 2 is 1.71 bits per heavy atom. The van der Waals surface area contributed by atoms with Gasteiger partial charge in [-0.15, -0.1) is 0 Å². The van der Waals surface area contributed by atoms with Crippen molar-refractivity contribution in [3.8, 4) is 0 Å². The van der Waals surface area contributed by atoms with E-state index in [2.05, 4.69) is 10.6 Å². The Hall–Kier alpha value is -4.13. The van der Waals surface area contributed by atoms with Crippen molar-refractivity contribution in [1.82, 2.24) is 5.32 Å². The summed E-state index contributed by atoms with van der Waals surface area (Å²) in [5.74, 6) is -2.18. The Labute approximate surface area is 218 Å². The number of likely N-dealkylation sites (N-methyl/N-ethyl adjacent to an activating group) is 1. The van der Waals surface area contributed by atoms with Crippen LogP contribution in [0.5, 0.6) is 0 Å². The number of anilines is 2. The van der Waals surface area contributed by atoms with E-state index in [-0.39, 0.29) is 30.2 Å². The van der Waals surface area contributed by atoms with Gasteiger partial charge in [0.25, 0.3) is 5.97 Å². The zero-order chi connectivity index (χ0) is 29.0. The van der Waals surface area contributed by atoms with Crippen molar-refractivity contribution in [3.63, 3.8) is 0 Å². The number of carbonyl (C=O) groups is 3. The molecule has 208 valence electrons. The summed E-state index contributed by atoms with van der Waals surface area (Å²) in [6.07, 6.45) is -5.10. The van der Waals surface area contributed by atoms with E-state index in [1.807, 2.05) is 0 Å². The first-order chi connectivity index (χ1) is 17.6. The lowest BCUT2D eigenvalue weighted by molar-refractivity contribution is -0.137. The van der Waals surface area contributed by atoms with Crippen molar-refractivity contribution in [1.29, 1.82) is 5.41 Å². The number of carbonyl (C=O) groups excluding carboxylic acids is 2. The summed E-state index contributed by atoms with van der Waals surface area (Å²) in [5, 5.41) is 19.9. The third kappa shape index (κ3) is 10.9. The van der Waals surface area contributed by atoms with Crippen LogP contribution in [0.3, 0.4) is 0 Å². The van der Waals surface area contributed by atoms with Crippen molar-refractivity contribution in [3.05, 3.63) is 59.2 Å². The molecule has 0 heterocycles. The Kier molecular flexibility index (Phi) is 12.2. The van der Waals surface area contributed by atoms with Gasteiger partial charge in [-0.2, -0.15) is 13.2 Å². The fourth-order valence-corrected chi connectivity index (χ4v) is 3.19. The van der Waals surface area contributed by atoms with Crippen LogP contribution in [0.4, 0.5) is 24.5 Å². The average Bonchev–Trinajstić information content (AvgIpc) is 2.81. The van der Waals surface area contributed by atoms with Gasteiger partial charge in [0.2, 0.25) is 11.8 Å². The fraction of sp³-hybridized carbons (Fsp3) is 0.360. The topological polar surface area (TPSA) is 158 Å². The number of nitrogens with zero attached hydrogens (tertiary/aromatic N) is 1. The maximum Gasteiger partial charge on any atom is 0.418 e. The number of alkyl halides is 3. The zero-order valence-corrected chi connectivity index (χ0v) is 21.5. The molecule has 0 radical (unpaired) electrons. The number of carboxylic acids is 1.